The average molecular weight is 268 g/mol. The van der Waals surface area contributed by atoms with E-state index in [1.807, 2.05) is 0 Å². The Labute approximate surface area is 107 Å². The quantitative estimate of drug-likeness (QED) is 0.929. The van der Waals surface area contributed by atoms with Gasteiger partial charge >= 0.3 is 6.18 Å². The highest BCUT2D eigenvalue weighted by molar-refractivity contribution is 5.41. The SMILES string of the molecule is Nc1cccnc1COc1ccc(C(F)(F)F)cc1. The van der Waals surface area contributed by atoms with E-state index in [1.54, 1.807) is 18.3 Å². The van der Waals surface area contributed by atoms with E-state index >= 15 is 0 Å². The molecule has 2 rings (SSSR count). The number of anilines is 1. The van der Waals surface area contributed by atoms with Gasteiger partial charge in [-0.3, -0.25) is 4.98 Å². The lowest BCUT2D eigenvalue weighted by Crippen LogP contribution is -2.05. The first kappa shape index (κ1) is 13.2. The van der Waals surface area contributed by atoms with Crippen molar-refractivity contribution in [2.45, 2.75) is 12.8 Å². The summed E-state index contributed by atoms with van der Waals surface area (Å²) in [6, 6.07) is 7.84. The molecule has 0 radical (unpaired) electrons. The average Bonchev–Trinajstić information content (AvgIpc) is 2.37. The van der Waals surface area contributed by atoms with Gasteiger partial charge in [-0.15, -0.1) is 0 Å². The van der Waals surface area contributed by atoms with Gasteiger partial charge in [0.15, 0.2) is 0 Å². The highest BCUT2D eigenvalue weighted by atomic mass is 19.4. The molecule has 0 saturated carbocycles. The van der Waals surface area contributed by atoms with Gasteiger partial charge in [-0.25, -0.2) is 0 Å². The van der Waals surface area contributed by atoms with Crippen LogP contribution in [0.2, 0.25) is 0 Å². The van der Waals surface area contributed by atoms with Gasteiger partial charge in [0, 0.05) is 6.20 Å². The molecule has 6 heteroatoms. The van der Waals surface area contributed by atoms with Crippen LogP contribution in [0.4, 0.5) is 18.9 Å². The number of hydrogen-bond acceptors (Lipinski definition) is 3. The Morgan fingerprint density at radius 3 is 2.37 bits per heavy atom. The normalized spacial score (nSPS) is 11.3. The molecule has 0 fully saturated rings. The maximum absolute atomic E-state index is 12.4. The number of ether oxygens (including phenoxy) is 1. The smallest absolute Gasteiger partial charge is 0.416 e. The van der Waals surface area contributed by atoms with E-state index in [9.17, 15) is 13.2 Å². The van der Waals surface area contributed by atoms with Crippen molar-refractivity contribution in [1.29, 1.82) is 0 Å². The van der Waals surface area contributed by atoms with Crippen LogP contribution >= 0.6 is 0 Å². The van der Waals surface area contributed by atoms with E-state index in [4.69, 9.17) is 10.5 Å². The fourth-order valence-electron chi connectivity index (χ4n) is 1.46. The summed E-state index contributed by atoms with van der Waals surface area (Å²) in [5, 5.41) is 0. The zero-order chi connectivity index (χ0) is 13.9. The van der Waals surface area contributed by atoms with Gasteiger partial charge in [-0.2, -0.15) is 13.2 Å². The van der Waals surface area contributed by atoms with Gasteiger partial charge in [0.2, 0.25) is 0 Å². The summed E-state index contributed by atoms with van der Waals surface area (Å²) in [5.41, 5.74) is 5.99. The number of pyridine rings is 1. The number of nitrogens with two attached hydrogens (primary N) is 1. The number of rotatable bonds is 3. The predicted octanol–water partition coefficient (Wildman–Crippen LogP) is 3.26. The van der Waals surface area contributed by atoms with E-state index in [-0.39, 0.29) is 6.61 Å². The second-order valence-corrected chi connectivity index (χ2v) is 3.85. The third-order valence-electron chi connectivity index (χ3n) is 2.48. The molecule has 0 bridgehead atoms. The molecule has 0 amide bonds. The van der Waals surface area contributed by atoms with Gasteiger partial charge in [-0.05, 0) is 36.4 Å². The first-order valence-electron chi connectivity index (χ1n) is 5.46. The van der Waals surface area contributed by atoms with Crippen LogP contribution in [0.1, 0.15) is 11.3 Å². The van der Waals surface area contributed by atoms with Crippen LogP contribution in [0.3, 0.4) is 0 Å². The summed E-state index contributed by atoms with van der Waals surface area (Å²) in [4.78, 5) is 4.02. The molecule has 0 saturated heterocycles. The summed E-state index contributed by atoms with van der Waals surface area (Å²) in [6.45, 7) is 0.109. The van der Waals surface area contributed by atoms with Gasteiger partial charge < -0.3 is 10.5 Å². The topological polar surface area (TPSA) is 48.1 Å². The van der Waals surface area contributed by atoms with Crippen molar-refractivity contribution >= 4 is 5.69 Å². The molecule has 1 heterocycles. The molecule has 2 aromatic rings. The molecule has 100 valence electrons. The largest absolute Gasteiger partial charge is 0.487 e. The molecule has 1 aromatic carbocycles. The Bertz CT molecular complexity index is 553. The van der Waals surface area contributed by atoms with Crippen LogP contribution in [-0.2, 0) is 12.8 Å². The van der Waals surface area contributed by atoms with Crippen LogP contribution in [-0.4, -0.2) is 4.98 Å². The third-order valence-corrected chi connectivity index (χ3v) is 2.48. The van der Waals surface area contributed by atoms with Gasteiger partial charge in [0.1, 0.15) is 18.1 Å². The van der Waals surface area contributed by atoms with E-state index in [0.29, 0.717) is 17.1 Å². The van der Waals surface area contributed by atoms with E-state index in [2.05, 4.69) is 4.98 Å². The number of hydrogen-bond donors (Lipinski definition) is 1. The summed E-state index contributed by atoms with van der Waals surface area (Å²) in [6.07, 6.45) is -2.77. The molecule has 0 aliphatic heterocycles. The minimum Gasteiger partial charge on any atom is -0.487 e. The molecule has 0 aliphatic rings. The summed E-state index contributed by atoms with van der Waals surface area (Å²) in [7, 11) is 0. The first-order valence-corrected chi connectivity index (χ1v) is 5.46. The van der Waals surface area contributed by atoms with Crippen molar-refractivity contribution in [3.05, 3.63) is 53.9 Å². The second kappa shape index (κ2) is 5.17. The maximum atomic E-state index is 12.4. The molecule has 2 N–H and O–H groups in total. The Kier molecular flexibility index (Phi) is 3.59. The summed E-state index contributed by atoms with van der Waals surface area (Å²) < 4.78 is 42.4. The Morgan fingerprint density at radius 2 is 1.79 bits per heavy atom. The number of nitrogens with zero attached hydrogens (tertiary/aromatic N) is 1. The first-order chi connectivity index (χ1) is 8.97. The molecule has 0 spiro atoms. The van der Waals surface area contributed by atoms with Gasteiger partial charge in [0.25, 0.3) is 0 Å². The number of halogens is 3. The van der Waals surface area contributed by atoms with E-state index in [1.165, 1.54) is 12.1 Å². The fourth-order valence-corrected chi connectivity index (χ4v) is 1.46. The van der Waals surface area contributed by atoms with Crippen molar-refractivity contribution in [2.24, 2.45) is 0 Å². The van der Waals surface area contributed by atoms with Crippen molar-refractivity contribution in [1.82, 2.24) is 4.98 Å². The second-order valence-electron chi connectivity index (χ2n) is 3.85. The minimum absolute atomic E-state index is 0.109. The van der Waals surface area contributed by atoms with E-state index in [0.717, 1.165) is 12.1 Å². The van der Waals surface area contributed by atoms with Gasteiger partial charge in [-0.1, -0.05) is 0 Å². The summed E-state index contributed by atoms with van der Waals surface area (Å²) >= 11 is 0. The molecule has 1 aromatic heterocycles. The lowest BCUT2D eigenvalue weighted by atomic mass is 10.2. The van der Waals surface area contributed by atoms with Gasteiger partial charge in [0.05, 0.1) is 11.3 Å². The van der Waals surface area contributed by atoms with Crippen LogP contribution in [0.5, 0.6) is 5.75 Å². The Balaban J connectivity index is 2.03. The molecule has 0 unspecified atom stereocenters. The monoisotopic (exact) mass is 268 g/mol. The zero-order valence-electron chi connectivity index (χ0n) is 9.82. The fraction of sp³-hybridized carbons (Fsp3) is 0.154. The zero-order valence-corrected chi connectivity index (χ0v) is 9.82. The lowest BCUT2D eigenvalue weighted by Gasteiger charge is -2.09. The minimum atomic E-state index is -4.34. The molecular formula is C13H11F3N2O. The Hall–Kier alpha value is -2.24. The molecule has 0 atom stereocenters. The molecule has 3 nitrogen and oxygen atoms in total. The Morgan fingerprint density at radius 1 is 1.11 bits per heavy atom. The number of alkyl halides is 3. The van der Waals surface area contributed by atoms with Crippen molar-refractivity contribution < 1.29 is 17.9 Å². The number of benzene rings is 1. The lowest BCUT2D eigenvalue weighted by molar-refractivity contribution is -0.137. The van der Waals surface area contributed by atoms with E-state index < -0.39 is 11.7 Å². The maximum Gasteiger partial charge on any atom is 0.416 e. The number of aromatic nitrogens is 1. The van der Waals surface area contributed by atoms with Crippen molar-refractivity contribution in [2.75, 3.05) is 5.73 Å². The predicted molar refractivity (Wildman–Crippen MR) is 64.4 cm³/mol. The van der Waals surface area contributed by atoms with Crippen molar-refractivity contribution in [3.8, 4) is 5.75 Å². The number of nitrogen functional groups attached to an aromatic ring is 1. The van der Waals surface area contributed by atoms with Crippen LogP contribution in [0, 0.1) is 0 Å². The van der Waals surface area contributed by atoms with Crippen LogP contribution in [0.25, 0.3) is 0 Å². The van der Waals surface area contributed by atoms with Crippen LogP contribution in [0.15, 0.2) is 42.6 Å². The third kappa shape index (κ3) is 3.37. The van der Waals surface area contributed by atoms with Crippen molar-refractivity contribution in [3.63, 3.8) is 0 Å². The van der Waals surface area contributed by atoms with Crippen LogP contribution < -0.4 is 10.5 Å². The molecule has 19 heavy (non-hydrogen) atoms. The standard InChI is InChI=1S/C13H11F3N2O/c14-13(15,16)9-3-5-10(6-4-9)19-8-12-11(17)2-1-7-18-12/h1-7H,8,17H2. The summed E-state index contributed by atoms with van der Waals surface area (Å²) in [5.74, 6) is 0.332. The highest BCUT2D eigenvalue weighted by Crippen LogP contribution is 2.30. The molecular weight excluding hydrogens is 257 g/mol. The highest BCUT2D eigenvalue weighted by Gasteiger charge is 2.29. The molecule has 0 aliphatic carbocycles.